The number of halogens is 5. The monoisotopic (exact) mass is 1850 g/mol. The molecule has 0 aromatic carbocycles. The van der Waals surface area contributed by atoms with Gasteiger partial charge >= 0.3 is 49.5 Å². The number of aromatic hydroxyl groups is 2. The molecule has 31 nitrogen and oxygen atoms in total. The summed E-state index contributed by atoms with van der Waals surface area (Å²) in [6, 6.07) is 5.82. The number of hydrogen-bond acceptors (Lipinski definition) is 33. The number of nitrogens with one attached hydrogen (secondary N) is 1. The van der Waals surface area contributed by atoms with Crippen LogP contribution in [0.2, 0.25) is 10.4 Å². The van der Waals surface area contributed by atoms with E-state index in [0.29, 0.717) is 28.2 Å². The van der Waals surface area contributed by atoms with E-state index in [1.807, 2.05) is 55.4 Å². The zero-order chi connectivity index (χ0) is 82.1. The van der Waals surface area contributed by atoms with Crippen molar-refractivity contribution in [3.8, 4) is 11.5 Å². The Morgan fingerprint density at radius 3 is 0.754 bits per heavy atom. The molecule has 13 fully saturated rings. The second kappa shape index (κ2) is 49.2. The first-order valence-electron chi connectivity index (χ1n) is 40.6. The molecule has 644 valence electrons. The summed E-state index contributed by atoms with van der Waals surface area (Å²) in [7, 11) is 8.67. The van der Waals surface area contributed by atoms with Crippen molar-refractivity contribution in [3.63, 3.8) is 0 Å². The molecule has 13 aliphatic heterocycles. The Labute approximate surface area is 746 Å². The molecule has 20 rings (SSSR count). The molecule has 7 aromatic rings. The van der Waals surface area contributed by atoms with E-state index in [4.69, 9.17) is 23.2 Å². The maximum absolute atomic E-state index is 9.94. The van der Waals surface area contributed by atoms with Gasteiger partial charge in [0.2, 0.25) is 41.0 Å². The first-order chi connectivity index (χ1) is 55.7. The van der Waals surface area contributed by atoms with Crippen LogP contribution in [0.4, 0.5) is 70.6 Å². The molecular formula is C78H122B2Br2Cl3N29O2S2. The molecule has 13 aliphatic rings. The van der Waals surface area contributed by atoms with Gasteiger partial charge in [-0.05, 0) is 195 Å². The van der Waals surface area contributed by atoms with Crippen LogP contribution in [0.5, 0.6) is 11.5 Å². The van der Waals surface area contributed by atoms with Gasteiger partial charge in [-0.15, -0.1) is 12.4 Å². The minimum absolute atomic E-state index is 0. The fourth-order valence-corrected chi connectivity index (χ4v) is 13.6. The van der Waals surface area contributed by atoms with Gasteiger partial charge in [0.1, 0.15) is 28.4 Å². The third-order valence-electron chi connectivity index (χ3n) is 21.0. The zero-order valence-corrected chi connectivity index (χ0v) is 76.0. The van der Waals surface area contributed by atoms with E-state index in [2.05, 4.69) is 227 Å². The van der Waals surface area contributed by atoms with Crippen molar-refractivity contribution in [2.24, 2.45) is 8.60 Å². The van der Waals surface area contributed by atoms with Crippen molar-refractivity contribution in [1.29, 1.82) is 0 Å². The first kappa shape index (κ1) is 98.1. The quantitative estimate of drug-likeness (QED) is 0.0329. The number of nitrogens with zero attached hydrogens (tertiary/aromatic N) is 28. The molecule has 0 saturated carbocycles. The Hall–Kier alpha value is -7.02. The minimum atomic E-state index is 0. The Morgan fingerprint density at radius 1 is 0.331 bits per heavy atom. The van der Waals surface area contributed by atoms with Crippen molar-refractivity contribution in [2.75, 3.05) is 229 Å². The molecule has 0 amide bonds. The molecule has 3 N–H and O–H groups in total. The Kier molecular flexibility index (Phi) is 40.9. The van der Waals surface area contributed by atoms with Crippen molar-refractivity contribution < 1.29 is 10.2 Å². The Balaban J connectivity index is 0.000000186. The number of anilines is 12. The third kappa shape index (κ3) is 27.0. The van der Waals surface area contributed by atoms with Crippen LogP contribution in [0.3, 0.4) is 0 Å². The Bertz CT molecular complexity index is 3770. The fourth-order valence-electron chi connectivity index (χ4n) is 12.2. The van der Waals surface area contributed by atoms with Crippen molar-refractivity contribution in [3.05, 3.63) is 77.4 Å². The van der Waals surface area contributed by atoms with Crippen molar-refractivity contribution in [2.45, 2.75) is 161 Å². The van der Waals surface area contributed by atoms with Crippen LogP contribution in [-0.4, -0.2) is 265 Å². The van der Waals surface area contributed by atoms with Gasteiger partial charge in [0.05, 0.1) is 31.7 Å². The van der Waals surface area contributed by atoms with Crippen molar-refractivity contribution in [1.82, 2.24) is 75.1 Å². The number of aryl methyl sites for hydroxylation is 7. The van der Waals surface area contributed by atoms with E-state index in [0.717, 1.165) is 253 Å². The predicted molar refractivity (Wildman–Crippen MR) is 502 cm³/mol. The zero-order valence-electron chi connectivity index (χ0n) is 68.7. The molecule has 20 heterocycles. The second-order valence-electron chi connectivity index (χ2n) is 29.4. The molecular weight excluding hydrogens is 1730 g/mol. The molecule has 2 radical (unpaired) electrons. The number of aromatic nitrogens is 14. The molecule has 13 saturated heterocycles. The summed E-state index contributed by atoms with van der Waals surface area (Å²) in [4.78, 5) is 88.4. The van der Waals surface area contributed by atoms with Crippen LogP contribution >= 0.6 is 93.1 Å². The summed E-state index contributed by atoms with van der Waals surface area (Å²) in [5.74, 6) is 11.4. The van der Waals surface area contributed by atoms with Crippen LogP contribution in [0, 0.1) is 48.5 Å². The maximum atomic E-state index is 9.94. The first-order valence-corrected chi connectivity index (χ1v) is 43.7. The molecule has 0 unspecified atom stereocenters. The van der Waals surface area contributed by atoms with Gasteiger partial charge in [-0.1, -0.05) is 40.3 Å². The number of thiol groups is 2. The molecule has 0 aliphatic carbocycles. The van der Waals surface area contributed by atoms with Crippen LogP contribution in [0.1, 0.15) is 152 Å². The van der Waals surface area contributed by atoms with Gasteiger partial charge in [-0.25, -0.2) is 39.9 Å². The third-order valence-corrected chi connectivity index (χ3v) is 23.2. The van der Waals surface area contributed by atoms with E-state index >= 15 is 0 Å². The van der Waals surface area contributed by atoms with Crippen molar-refractivity contribution >= 4 is 179 Å². The predicted octanol–water partition coefficient (Wildman–Crippen LogP) is 13.3. The molecule has 0 bridgehead atoms. The average Bonchev–Trinajstić information content (AvgIpc) is 0.804. The second-order valence-corrected chi connectivity index (χ2v) is 32.2. The van der Waals surface area contributed by atoms with Gasteiger partial charge in [-0.3, -0.25) is 0 Å². The summed E-state index contributed by atoms with van der Waals surface area (Å²) < 4.78 is 7.49. The standard InChI is InChI=1S/2C11H15BrN4.2C11H16N4O.2C11H16N4.C5H4Cl2N2.C3H7N.C2H6.2CH4.2BHNS.ClH/c2*1-8-9(12)10(15-4-2-5-15)14-11(13-8)16-6-3-7-16;2*1-8-9(16)10(14-4-2-5-14)13-11(12-8)15-6-3-7-15;2*1-9-8-10(14-4-2-5-14)13-11(12-9)15-6-3-7-15;1-3-2-4(6)9-5(7)8-3;1-2-4-3-1;1-2;;;2*1-2-3;/h2*2-7H2,1H3;2*16H,2-7H2,1H3;2*8H,2-7H2,1H3;2H,1H3;4H,1-3H2;1-2H3;2*1H4;2*3H;1H. The summed E-state index contributed by atoms with van der Waals surface area (Å²) in [5.41, 5.74) is 6.37. The summed E-state index contributed by atoms with van der Waals surface area (Å²) >= 11 is 24.5. The molecule has 7 aromatic heterocycles. The summed E-state index contributed by atoms with van der Waals surface area (Å²) in [6.07, 6.45) is 16.4. The van der Waals surface area contributed by atoms with E-state index in [1.54, 1.807) is 13.0 Å². The average molecular weight is 1850 g/mol. The normalized spacial score (nSPS) is 17.3. The van der Waals surface area contributed by atoms with Gasteiger partial charge in [0.15, 0.2) is 23.1 Å². The van der Waals surface area contributed by atoms with Crippen LogP contribution in [-0.2, 0) is 0 Å². The van der Waals surface area contributed by atoms with Gasteiger partial charge in [-0.2, -0.15) is 29.9 Å². The van der Waals surface area contributed by atoms with Crippen LogP contribution < -0.4 is 64.1 Å². The van der Waals surface area contributed by atoms with E-state index in [9.17, 15) is 10.2 Å². The number of hydrogen-bond donors (Lipinski definition) is 5. The molecule has 0 spiro atoms. The SMILES string of the molecule is C.C.C1CNC1.CC.Cc1cc(Cl)nc(Cl)n1.Cc1cc(N2CCC2)nc(N2CCC2)n1.Cc1cc(N2CCC2)nc(N2CCC2)n1.Cc1nc(N2CCC2)nc(N2CCC2)c1Br.Cc1nc(N2CCC2)nc(N2CCC2)c1Br.Cc1nc(N2CCC2)nc(N2CCC2)c1O.Cc1nc(N2CCC2)nc(N2CCC2)c1O.Cl.[B]=NS.[B]=NS. The molecule has 40 heteroatoms. The van der Waals surface area contributed by atoms with E-state index in [1.165, 1.54) is 96.6 Å². The van der Waals surface area contributed by atoms with Gasteiger partial charge < -0.3 is 74.3 Å². The number of rotatable bonds is 12. The molecule has 0 atom stereocenters. The molecule has 118 heavy (non-hydrogen) atoms. The summed E-state index contributed by atoms with van der Waals surface area (Å²) in [5, 5.41) is 23.6. The van der Waals surface area contributed by atoms with Crippen LogP contribution in [0.15, 0.2) is 35.7 Å². The fraction of sp³-hybridized carbons (Fsp3) is 0.641. The van der Waals surface area contributed by atoms with E-state index < -0.39 is 0 Å². The topological polar surface area (TPSA) is 297 Å². The summed E-state index contributed by atoms with van der Waals surface area (Å²) in [6.45, 7) is 46.2. The van der Waals surface area contributed by atoms with E-state index in [-0.39, 0.29) is 44.0 Å². The van der Waals surface area contributed by atoms with Gasteiger partial charge in [0.25, 0.3) is 0 Å². The van der Waals surface area contributed by atoms with Gasteiger partial charge in [0, 0.05) is 186 Å². The van der Waals surface area contributed by atoms with Crippen LogP contribution in [0.25, 0.3) is 0 Å². The Morgan fingerprint density at radius 2 is 0.542 bits per heavy atom.